The molecule has 0 heterocycles. The molecular weight excluding hydrogens is 384 g/mol. The molecule has 0 saturated carbocycles. The van der Waals surface area contributed by atoms with Gasteiger partial charge in [-0.2, -0.15) is 0 Å². The van der Waals surface area contributed by atoms with Gasteiger partial charge in [-0.25, -0.2) is 8.42 Å². The van der Waals surface area contributed by atoms with Crippen LogP contribution in [0.25, 0.3) is 0 Å². The molecule has 0 aromatic heterocycles. The second-order valence-electron chi connectivity index (χ2n) is 7.07. The Bertz CT molecular complexity index is 1110. The average molecular weight is 409 g/mol. The molecule has 29 heavy (non-hydrogen) atoms. The summed E-state index contributed by atoms with van der Waals surface area (Å²) in [5, 5.41) is 2.92. The first-order valence-corrected chi connectivity index (χ1v) is 11.1. The summed E-state index contributed by atoms with van der Waals surface area (Å²) < 4.78 is 26.0. The van der Waals surface area contributed by atoms with Gasteiger partial charge in [-0.15, -0.1) is 0 Å². The SMILES string of the molecule is Cc1ccc(C)c(NC(=O)c2ccc(N(Cc3ccccc3)S(C)(=O)=O)cc2)c1. The standard InChI is InChI=1S/C23H24N2O3S/c1-17-9-10-18(2)22(15-17)24-23(26)20-11-13-21(14-12-20)25(29(3,27)28)16-19-7-5-4-6-8-19/h4-15H,16H2,1-3H3,(H,24,26). The molecule has 1 N–H and O–H groups in total. The summed E-state index contributed by atoms with van der Waals surface area (Å²) in [6.45, 7) is 4.13. The number of anilines is 2. The Morgan fingerprint density at radius 3 is 2.21 bits per heavy atom. The van der Waals surface area contributed by atoms with Crippen LogP contribution < -0.4 is 9.62 Å². The lowest BCUT2D eigenvalue weighted by atomic mass is 10.1. The van der Waals surface area contributed by atoms with Crippen molar-refractivity contribution in [3.05, 3.63) is 95.1 Å². The third kappa shape index (κ3) is 5.23. The van der Waals surface area contributed by atoms with Gasteiger partial charge in [-0.3, -0.25) is 9.10 Å². The van der Waals surface area contributed by atoms with Gasteiger partial charge in [-0.1, -0.05) is 42.5 Å². The first-order chi connectivity index (χ1) is 13.7. The predicted molar refractivity (Wildman–Crippen MR) is 118 cm³/mol. The van der Waals surface area contributed by atoms with E-state index in [1.807, 2.05) is 62.4 Å². The van der Waals surface area contributed by atoms with Gasteiger partial charge in [0.25, 0.3) is 5.91 Å². The van der Waals surface area contributed by atoms with E-state index in [0.29, 0.717) is 11.3 Å². The lowest BCUT2D eigenvalue weighted by Gasteiger charge is -2.22. The van der Waals surface area contributed by atoms with Gasteiger partial charge < -0.3 is 5.32 Å². The normalized spacial score (nSPS) is 11.1. The molecule has 3 aromatic rings. The topological polar surface area (TPSA) is 66.5 Å². The molecule has 0 fully saturated rings. The predicted octanol–water partition coefficient (Wildman–Crippen LogP) is 4.52. The minimum atomic E-state index is -3.48. The molecule has 1 amide bonds. The van der Waals surface area contributed by atoms with Crippen molar-refractivity contribution in [2.75, 3.05) is 15.9 Å². The minimum Gasteiger partial charge on any atom is -0.322 e. The quantitative estimate of drug-likeness (QED) is 0.652. The van der Waals surface area contributed by atoms with E-state index in [2.05, 4.69) is 5.32 Å². The zero-order valence-corrected chi connectivity index (χ0v) is 17.5. The summed E-state index contributed by atoms with van der Waals surface area (Å²) in [4.78, 5) is 12.6. The van der Waals surface area contributed by atoms with Crippen molar-refractivity contribution in [1.29, 1.82) is 0 Å². The van der Waals surface area contributed by atoms with Gasteiger partial charge in [0.1, 0.15) is 0 Å². The molecule has 0 spiro atoms. The number of benzene rings is 3. The maximum atomic E-state index is 12.6. The fraction of sp³-hybridized carbons (Fsp3) is 0.174. The lowest BCUT2D eigenvalue weighted by Crippen LogP contribution is -2.29. The molecule has 0 unspecified atom stereocenters. The van der Waals surface area contributed by atoms with Gasteiger partial charge in [0.2, 0.25) is 10.0 Å². The number of nitrogens with one attached hydrogen (secondary N) is 1. The number of amides is 1. The number of carbonyl (C=O) groups is 1. The van der Waals surface area contributed by atoms with Gasteiger partial charge in [0, 0.05) is 11.3 Å². The first-order valence-electron chi connectivity index (χ1n) is 9.24. The summed E-state index contributed by atoms with van der Waals surface area (Å²) in [7, 11) is -3.48. The Morgan fingerprint density at radius 2 is 1.59 bits per heavy atom. The zero-order chi connectivity index (χ0) is 21.0. The molecule has 0 saturated heterocycles. The summed E-state index contributed by atoms with van der Waals surface area (Å²) in [6, 6.07) is 21.8. The fourth-order valence-electron chi connectivity index (χ4n) is 2.99. The number of aryl methyl sites for hydroxylation is 2. The number of hydrogen-bond acceptors (Lipinski definition) is 3. The van der Waals surface area contributed by atoms with Crippen molar-refractivity contribution in [2.45, 2.75) is 20.4 Å². The number of hydrogen-bond donors (Lipinski definition) is 1. The zero-order valence-electron chi connectivity index (χ0n) is 16.7. The van der Waals surface area contributed by atoms with Gasteiger partial charge in [-0.05, 0) is 60.9 Å². The molecule has 0 radical (unpaired) electrons. The molecule has 0 aliphatic rings. The highest BCUT2D eigenvalue weighted by Gasteiger charge is 2.18. The molecule has 0 aliphatic carbocycles. The molecule has 5 nitrogen and oxygen atoms in total. The second-order valence-corrected chi connectivity index (χ2v) is 8.98. The Kier molecular flexibility index (Phi) is 6.03. The van der Waals surface area contributed by atoms with Crippen molar-refractivity contribution >= 4 is 27.3 Å². The van der Waals surface area contributed by atoms with Crippen LogP contribution in [0.2, 0.25) is 0 Å². The molecule has 3 rings (SSSR count). The van der Waals surface area contributed by atoms with Crippen LogP contribution in [0.1, 0.15) is 27.0 Å². The second kappa shape index (κ2) is 8.49. The van der Waals surface area contributed by atoms with Crippen molar-refractivity contribution in [3.8, 4) is 0 Å². The van der Waals surface area contributed by atoms with Crippen molar-refractivity contribution < 1.29 is 13.2 Å². The molecule has 0 aliphatic heterocycles. The van der Waals surface area contributed by atoms with Crippen molar-refractivity contribution in [2.24, 2.45) is 0 Å². The fourth-order valence-corrected chi connectivity index (χ4v) is 3.88. The van der Waals surface area contributed by atoms with E-state index < -0.39 is 10.0 Å². The number of sulfonamides is 1. The van der Waals surface area contributed by atoms with E-state index in [1.165, 1.54) is 10.6 Å². The van der Waals surface area contributed by atoms with Crippen molar-refractivity contribution in [1.82, 2.24) is 0 Å². The Labute approximate surface area is 172 Å². The van der Waals surface area contributed by atoms with E-state index in [-0.39, 0.29) is 12.5 Å². The van der Waals surface area contributed by atoms with Crippen LogP contribution in [0.4, 0.5) is 11.4 Å². The van der Waals surface area contributed by atoms with Crippen LogP contribution in [0.15, 0.2) is 72.8 Å². The number of carbonyl (C=O) groups excluding carboxylic acids is 1. The first kappa shape index (κ1) is 20.6. The van der Waals surface area contributed by atoms with Crippen LogP contribution in [0.5, 0.6) is 0 Å². The summed E-state index contributed by atoms with van der Waals surface area (Å²) in [5.41, 5.74) is 4.66. The molecular formula is C23H24N2O3S. The average Bonchev–Trinajstić information content (AvgIpc) is 2.69. The van der Waals surface area contributed by atoms with Gasteiger partial charge >= 0.3 is 0 Å². The smallest absolute Gasteiger partial charge is 0.255 e. The summed E-state index contributed by atoms with van der Waals surface area (Å²) >= 11 is 0. The molecule has 150 valence electrons. The molecule has 0 bridgehead atoms. The summed E-state index contributed by atoms with van der Waals surface area (Å²) in [6.07, 6.45) is 1.18. The molecule has 3 aromatic carbocycles. The highest BCUT2D eigenvalue weighted by molar-refractivity contribution is 7.92. The van der Waals surface area contributed by atoms with Gasteiger partial charge in [0.05, 0.1) is 18.5 Å². The van der Waals surface area contributed by atoms with Crippen LogP contribution in [-0.4, -0.2) is 20.6 Å². The highest BCUT2D eigenvalue weighted by Crippen LogP contribution is 2.22. The van der Waals surface area contributed by atoms with Crippen molar-refractivity contribution in [3.63, 3.8) is 0 Å². The van der Waals surface area contributed by atoms with Gasteiger partial charge in [0.15, 0.2) is 0 Å². The third-order valence-corrected chi connectivity index (χ3v) is 5.77. The molecule has 0 atom stereocenters. The van der Waals surface area contributed by atoms with E-state index in [4.69, 9.17) is 0 Å². The maximum Gasteiger partial charge on any atom is 0.255 e. The summed E-state index contributed by atoms with van der Waals surface area (Å²) in [5.74, 6) is -0.237. The Hall–Kier alpha value is -3.12. The third-order valence-electron chi connectivity index (χ3n) is 4.63. The number of nitrogens with zero attached hydrogens (tertiary/aromatic N) is 1. The van der Waals surface area contributed by atoms with Crippen LogP contribution in [0, 0.1) is 13.8 Å². The Morgan fingerprint density at radius 1 is 0.931 bits per heavy atom. The highest BCUT2D eigenvalue weighted by atomic mass is 32.2. The molecule has 6 heteroatoms. The van der Waals surface area contributed by atoms with E-state index >= 15 is 0 Å². The monoisotopic (exact) mass is 408 g/mol. The number of rotatable bonds is 6. The lowest BCUT2D eigenvalue weighted by molar-refractivity contribution is 0.102. The maximum absolute atomic E-state index is 12.6. The van der Waals surface area contributed by atoms with Crippen LogP contribution in [-0.2, 0) is 16.6 Å². The Balaban J connectivity index is 1.81. The van der Waals surface area contributed by atoms with E-state index in [9.17, 15) is 13.2 Å². The van der Waals surface area contributed by atoms with E-state index in [0.717, 1.165) is 22.4 Å². The van der Waals surface area contributed by atoms with E-state index in [1.54, 1.807) is 24.3 Å². The van der Waals surface area contributed by atoms with Crippen LogP contribution in [0.3, 0.4) is 0 Å². The van der Waals surface area contributed by atoms with Crippen LogP contribution >= 0.6 is 0 Å². The minimum absolute atomic E-state index is 0.230. The largest absolute Gasteiger partial charge is 0.322 e.